The molecule has 1 atom stereocenters. The van der Waals surface area contributed by atoms with E-state index in [1.807, 2.05) is 24.3 Å². The second-order valence-electron chi connectivity index (χ2n) is 5.40. The van der Waals surface area contributed by atoms with Gasteiger partial charge in [0.2, 0.25) is 5.75 Å². The van der Waals surface area contributed by atoms with Crippen molar-refractivity contribution in [3.05, 3.63) is 34.6 Å². The second-order valence-corrected chi connectivity index (χ2v) is 5.40. The lowest BCUT2D eigenvalue weighted by molar-refractivity contribution is 0.166. The number of pyridine rings is 1. The Hall–Kier alpha value is -2.21. The Morgan fingerprint density at radius 2 is 2.14 bits per heavy atom. The maximum absolute atomic E-state index is 12.6. The van der Waals surface area contributed by atoms with Crippen LogP contribution in [-0.4, -0.2) is 38.1 Å². The minimum absolute atomic E-state index is 0.281. The third-order valence-corrected chi connectivity index (χ3v) is 4.03. The van der Waals surface area contributed by atoms with Crippen LogP contribution in [0.3, 0.4) is 0 Å². The molecule has 2 N–H and O–H groups in total. The average molecular weight is 303 g/mol. The van der Waals surface area contributed by atoms with Crippen LogP contribution < -0.4 is 25.8 Å². The predicted octanol–water partition coefficient (Wildman–Crippen LogP) is 1.23. The molecule has 118 valence electrons. The molecule has 1 aromatic heterocycles. The van der Waals surface area contributed by atoms with Gasteiger partial charge < -0.3 is 20.2 Å². The molecule has 1 saturated heterocycles. The second kappa shape index (κ2) is 6.27. The lowest BCUT2D eigenvalue weighted by Gasteiger charge is -2.26. The Morgan fingerprint density at radius 3 is 2.82 bits per heavy atom. The van der Waals surface area contributed by atoms with Crippen LogP contribution in [-0.2, 0) is 0 Å². The van der Waals surface area contributed by atoms with E-state index in [0.29, 0.717) is 0 Å². The zero-order valence-corrected chi connectivity index (χ0v) is 12.9. The predicted molar refractivity (Wildman–Crippen MR) is 86.8 cm³/mol. The number of nitrogens with one attached hydrogen (secondary N) is 2. The summed E-state index contributed by atoms with van der Waals surface area (Å²) in [4.78, 5) is 17.8. The van der Waals surface area contributed by atoms with Crippen molar-refractivity contribution in [2.24, 2.45) is 0 Å². The topological polar surface area (TPSA) is 64.5 Å². The smallest absolute Gasteiger partial charge is 0.328 e. The highest BCUT2D eigenvalue weighted by Crippen LogP contribution is 2.30. The minimum atomic E-state index is -0.296. The normalized spacial score (nSPS) is 18.2. The third kappa shape index (κ3) is 2.50. The van der Waals surface area contributed by atoms with Crippen molar-refractivity contribution in [3.63, 3.8) is 0 Å². The van der Waals surface area contributed by atoms with E-state index < -0.39 is 0 Å². The largest absolute Gasteiger partial charge is 0.490 e. The molecule has 22 heavy (non-hydrogen) atoms. The highest BCUT2D eigenvalue weighted by Gasteiger charge is 2.21. The molecule has 1 unspecified atom stereocenters. The van der Waals surface area contributed by atoms with Crippen LogP contribution in [0.25, 0.3) is 10.9 Å². The van der Waals surface area contributed by atoms with E-state index in [-0.39, 0.29) is 17.4 Å². The van der Waals surface area contributed by atoms with Crippen molar-refractivity contribution >= 4 is 16.6 Å². The number of anilines is 1. The lowest BCUT2D eigenvalue weighted by atomic mass is 10.1. The van der Waals surface area contributed by atoms with Crippen molar-refractivity contribution < 1.29 is 9.57 Å². The Labute approximate surface area is 129 Å². The van der Waals surface area contributed by atoms with E-state index in [9.17, 15) is 4.79 Å². The Balaban J connectivity index is 2.16. The van der Waals surface area contributed by atoms with Crippen LogP contribution in [0, 0.1) is 0 Å². The first kappa shape index (κ1) is 14.7. The molecule has 0 amide bonds. The summed E-state index contributed by atoms with van der Waals surface area (Å²) in [5.41, 5.74) is 1.17. The molecular weight excluding hydrogens is 282 g/mol. The van der Waals surface area contributed by atoms with Crippen molar-refractivity contribution in [1.82, 2.24) is 10.0 Å². The zero-order valence-electron chi connectivity index (χ0n) is 12.9. The summed E-state index contributed by atoms with van der Waals surface area (Å²) < 4.78 is 6.63. The summed E-state index contributed by atoms with van der Waals surface area (Å²) in [5.74, 6) is 0.283. The first-order valence-electron chi connectivity index (χ1n) is 7.49. The number of para-hydroxylation sites is 1. The molecule has 2 aromatic rings. The number of piperidine rings is 1. The van der Waals surface area contributed by atoms with Gasteiger partial charge in [0.05, 0.1) is 18.3 Å². The zero-order chi connectivity index (χ0) is 15.5. The number of hydrogen-bond donors (Lipinski definition) is 2. The monoisotopic (exact) mass is 303 g/mol. The maximum atomic E-state index is 12.6. The molecule has 3 rings (SSSR count). The number of aromatic nitrogens is 1. The van der Waals surface area contributed by atoms with Gasteiger partial charge in [-0.3, -0.25) is 4.79 Å². The fourth-order valence-corrected chi connectivity index (χ4v) is 2.99. The van der Waals surface area contributed by atoms with E-state index in [1.165, 1.54) is 19.0 Å². The SMILES string of the molecule is COc1c(NC2CCCNC2)c2ccccc2n(OC)c1=O. The average Bonchev–Trinajstić information content (AvgIpc) is 2.56. The number of hydrogen-bond acceptors (Lipinski definition) is 5. The van der Waals surface area contributed by atoms with Crippen molar-refractivity contribution in [1.29, 1.82) is 0 Å². The summed E-state index contributed by atoms with van der Waals surface area (Å²) in [6.45, 7) is 1.92. The maximum Gasteiger partial charge on any atom is 0.328 e. The summed E-state index contributed by atoms with van der Waals surface area (Å²) >= 11 is 0. The number of fused-ring (bicyclic) bond motifs is 1. The van der Waals surface area contributed by atoms with Gasteiger partial charge in [0.1, 0.15) is 7.11 Å². The van der Waals surface area contributed by atoms with E-state index in [0.717, 1.165) is 42.5 Å². The minimum Gasteiger partial charge on any atom is -0.490 e. The van der Waals surface area contributed by atoms with Gasteiger partial charge in [-0.25, -0.2) is 0 Å². The molecule has 0 spiro atoms. The van der Waals surface area contributed by atoms with Crippen LogP contribution in [0.15, 0.2) is 29.1 Å². The molecule has 6 heteroatoms. The van der Waals surface area contributed by atoms with Gasteiger partial charge in [-0.1, -0.05) is 18.2 Å². The molecule has 1 fully saturated rings. The summed E-state index contributed by atoms with van der Waals surface area (Å²) in [6, 6.07) is 7.94. The first-order chi connectivity index (χ1) is 10.8. The molecule has 6 nitrogen and oxygen atoms in total. The Kier molecular flexibility index (Phi) is 4.20. The highest BCUT2D eigenvalue weighted by molar-refractivity contribution is 5.94. The number of methoxy groups -OCH3 is 1. The van der Waals surface area contributed by atoms with Crippen molar-refractivity contribution in [3.8, 4) is 5.75 Å². The molecule has 1 aromatic carbocycles. The fraction of sp³-hybridized carbons (Fsp3) is 0.438. The third-order valence-electron chi connectivity index (χ3n) is 4.03. The standard InChI is InChI=1S/C16H21N3O3/c1-21-15-14(18-11-6-5-9-17-10-11)12-7-3-4-8-13(12)19(22-2)16(15)20/h3-4,7-8,11,17-18H,5-6,9-10H2,1-2H3. The fourth-order valence-electron chi connectivity index (χ4n) is 2.99. The number of ether oxygens (including phenoxy) is 1. The number of nitrogens with zero attached hydrogens (tertiary/aromatic N) is 1. The molecule has 0 aliphatic carbocycles. The molecular formula is C16H21N3O3. The van der Waals surface area contributed by atoms with Gasteiger partial charge in [0.15, 0.2) is 0 Å². The summed E-state index contributed by atoms with van der Waals surface area (Å²) in [6.07, 6.45) is 2.19. The van der Waals surface area contributed by atoms with Crippen LogP contribution in [0.4, 0.5) is 5.69 Å². The van der Waals surface area contributed by atoms with E-state index >= 15 is 0 Å². The first-order valence-corrected chi connectivity index (χ1v) is 7.49. The molecule has 1 aliphatic rings. The molecule has 2 heterocycles. The van der Waals surface area contributed by atoms with Gasteiger partial charge in [0.25, 0.3) is 0 Å². The van der Waals surface area contributed by atoms with Gasteiger partial charge in [-0.15, -0.1) is 4.73 Å². The Bertz CT molecular complexity index is 720. The van der Waals surface area contributed by atoms with E-state index in [2.05, 4.69) is 10.6 Å². The summed E-state index contributed by atoms with van der Waals surface area (Å²) in [7, 11) is 2.99. The number of rotatable bonds is 4. The molecule has 0 radical (unpaired) electrons. The van der Waals surface area contributed by atoms with Crippen LogP contribution >= 0.6 is 0 Å². The number of benzene rings is 1. The van der Waals surface area contributed by atoms with Gasteiger partial charge in [-0.05, 0) is 25.5 Å². The van der Waals surface area contributed by atoms with Crippen molar-refractivity contribution in [2.75, 3.05) is 32.6 Å². The van der Waals surface area contributed by atoms with Gasteiger partial charge in [-0.2, -0.15) is 0 Å². The van der Waals surface area contributed by atoms with Crippen LogP contribution in [0.5, 0.6) is 5.75 Å². The van der Waals surface area contributed by atoms with Gasteiger partial charge >= 0.3 is 5.56 Å². The lowest BCUT2D eigenvalue weighted by Crippen LogP contribution is -2.39. The summed E-state index contributed by atoms with van der Waals surface area (Å²) in [5, 5.41) is 7.75. The highest BCUT2D eigenvalue weighted by atomic mass is 16.7. The van der Waals surface area contributed by atoms with E-state index in [1.54, 1.807) is 0 Å². The van der Waals surface area contributed by atoms with Crippen LogP contribution in [0.2, 0.25) is 0 Å². The quantitative estimate of drug-likeness (QED) is 0.889. The molecule has 0 bridgehead atoms. The van der Waals surface area contributed by atoms with Crippen LogP contribution in [0.1, 0.15) is 12.8 Å². The van der Waals surface area contributed by atoms with E-state index in [4.69, 9.17) is 9.57 Å². The molecule has 0 saturated carbocycles. The molecule has 1 aliphatic heterocycles. The van der Waals surface area contributed by atoms with Crippen molar-refractivity contribution in [2.45, 2.75) is 18.9 Å². The Morgan fingerprint density at radius 1 is 1.32 bits per heavy atom. The van der Waals surface area contributed by atoms with Gasteiger partial charge in [0, 0.05) is 18.0 Å².